The Bertz CT molecular complexity index is 309. The monoisotopic (exact) mass is 442 g/mol. The van der Waals surface area contributed by atoms with Crippen molar-refractivity contribution >= 4 is 29.9 Å². The minimum Gasteiger partial charge on any atom is -0.385 e. The Balaban J connectivity index is 0. The molecule has 0 saturated carbocycles. The van der Waals surface area contributed by atoms with Gasteiger partial charge in [-0.05, 0) is 31.2 Å². The molecule has 0 atom stereocenters. The topological polar surface area (TPSA) is 48.9 Å². The molecule has 6 heteroatoms. The smallest absolute Gasteiger partial charge is 0.191 e. The number of hydrogen-bond acceptors (Lipinski definition) is 3. The fourth-order valence-corrected chi connectivity index (χ4v) is 2.68. The lowest BCUT2D eigenvalue weighted by molar-refractivity contribution is 0.180. The molecule has 5 nitrogen and oxygen atoms in total. The molecule has 0 heterocycles. The summed E-state index contributed by atoms with van der Waals surface area (Å²) < 4.78 is 5.07. The lowest BCUT2D eigenvalue weighted by atomic mass is 9.84. The predicted octanol–water partition coefficient (Wildman–Crippen LogP) is 2.81. The number of ether oxygens (including phenoxy) is 1. The Labute approximate surface area is 161 Å². The first kappa shape index (κ1) is 25.2. The van der Waals surface area contributed by atoms with Crippen molar-refractivity contribution in [2.24, 2.45) is 16.3 Å². The lowest BCUT2D eigenvalue weighted by Crippen LogP contribution is -2.44. The number of likely N-dealkylation sites (N-methyl/N-ethyl adjacent to an activating group) is 1. The molecule has 0 rings (SSSR count). The molecular formula is C17H39IN4O. The van der Waals surface area contributed by atoms with E-state index in [0.29, 0.717) is 5.92 Å². The predicted molar refractivity (Wildman–Crippen MR) is 112 cm³/mol. The van der Waals surface area contributed by atoms with Crippen molar-refractivity contribution in [2.45, 2.75) is 40.5 Å². The largest absolute Gasteiger partial charge is 0.385 e. The van der Waals surface area contributed by atoms with Crippen LogP contribution in [0.3, 0.4) is 0 Å². The number of halogens is 1. The highest BCUT2D eigenvalue weighted by atomic mass is 127. The first-order valence-electron chi connectivity index (χ1n) is 8.42. The number of rotatable bonds is 11. The summed E-state index contributed by atoms with van der Waals surface area (Å²) in [6.45, 7) is 13.9. The number of methoxy groups -OCH3 is 1. The van der Waals surface area contributed by atoms with Gasteiger partial charge < -0.3 is 20.3 Å². The molecule has 0 aliphatic rings. The molecule has 0 amide bonds. The quantitative estimate of drug-likeness (QED) is 0.224. The number of guanidine groups is 1. The Morgan fingerprint density at radius 2 is 1.87 bits per heavy atom. The zero-order valence-electron chi connectivity index (χ0n) is 16.2. The SMILES string of the molecule is CN=C(NCCN(C)CCCOC)NCC(C)(C)CC(C)C.I. The molecule has 2 N–H and O–H groups in total. The molecule has 0 spiro atoms. The van der Waals surface area contributed by atoms with Crippen LogP contribution in [0, 0.1) is 11.3 Å². The van der Waals surface area contributed by atoms with Gasteiger partial charge in [-0.2, -0.15) is 0 Å². The van der Waals surface area contributed by atoms with Gasteiger partial charge in [-0.25, -0.2) is 0 Å². The number of aliphatic imine (C=N–C) groups is 1. The molecule has 0 unspecified atom stereocenters. The highest BCUT2D eigenvalue weighted by Gasteiger charge is 2.19. The summed E-state index contributed by atoms with van der Waals surface area (Å²) in [4.78, 5) is 6.61. The van der Waals surface area contributed by atoms with E-state index >= 15 is 0 Å². The summed E-state index contributed by atoms with van der Waals surface area (Å²) in [7, 11) is 5.71. The van der Waals surface area contributed by atoms with Gasteiger partial charge in [0.2, 0.25) is 0 Å². The van der Waals surface area contributed by atoms with Crippen LogP contribution in [-0.2, 0) is 4.74 Å². The summed E-state index contributed by atoms with van der Waals surface area (Å²) in [5.41, 5.74) is 0.280. The second kappa shape index (κ2) is 14.3. The van der Waals surface area contributed by atoms with E-state index in [9.17, 15) is 0 Å². The van der Waals surface area contributed by atoms with E-state index in [0.717, 1.165) is 45.2 Å². The Morgan fingerprint density at radius 1 is 1.22 bits per heavy atom. The Kier molecular flexibility index (Phi) is 15.6. The highest BCUT2D eigenvalue weighted by Crippen LogP contribution is 2.23. The van der Waals surface area contributed by atoms with Gasteiger partial charge in [0.25, 0.3) is 0 Å². The van der Waals surface area contributed by atoms with Crippen LogP contribution in [0.2, 0.25) is 0 Å². The fourth-order valence-electron chi connectivity index (χ4n) is 2.68. The van der Waals surface area contributed by atoms with Crippen LogP contribution in [0.15, 0.2) is 4.99 Å². The second-order valence-electron chi connectivity index (χ2n) is 7.26. The highest BCUT2D eigenvalue weighted by molar-refractivity contribution is 14.0. The van der Waals surface area contributed by atoms with Gasteiger partial charge in [0.05, 0.1) is 0 Å². The molecule has 0 bridgehead atoms. The molecule has 0 saturated heterocycles. The van der Waals surface area contributed by atoms with Crippen LogP contribution >= 0.6 is 24.0 Å². The fraction of sp³-hybridized carbons (Fsp3) is 0.941. The van der Waals surface area contributed by atoms with Gasteiger partial charge >= 0.3 is 0 Å². The second-order valence-corrected chi connectivity index (χ2v) is 7.26. The van der Waals surface area contributed by atoms with Gasteiger partial charge in [0.15, 0.2) is 5.96 Å². The standard InChI is InChI=1S/C17H38N4O.HI/c1-15(2)13-17(3,4)14-20-16(18-5)19-9-11-21(6)10-8-12-22-7;/h15H,8-14H2,1-7H3,(H2,18,19,20);1H. The Hall–Kier alpha value is -0.0800. The molecule has 0 aliphatic heterocycles. The average molecular weight is 442 g/mol. The molecule has 0 fully saturated rings. The maximum atomic E-state index is 5.07. The van der Waals surface area contributed by atoms with Gasteiger partial charge in [-0.15, -0.1) is 24.0 Å². The van der Waals surface area contributed by atoms with Crippen molar-refractivity contribution in [1.29, 1.82) is 0 Å². The third-order valence-electron chi connectivity index (χ3n) is 3.59. The minimum absolute atomic E-state index is 0. The molecule has 0 radical (unpaired) electrons. The van der Waals surface area contributed by atoms with Gasteiger partial charge in [0.1, 0.15) is 0 Å². The lowest BCUT2D eigenvalue weighted by Gasteiger charge is -2.28. The van der Waals surface area contributed by atoms with Gasteiger partial charge in [-0.3, -0.25) is 4.99 Å². The summed E-state index contributed by atoms with van der Waals surface area (Å²) >= 11 is 0. The van der Waals surface area contributed by atoms with E-state index in [2.05, 4.69) is 55.3 Å². The van der Waals surface area contributed by atoms with Crippen LogP contribution in [0.1, 0.15) is 40.5 Å². The van der Waals surface area contributed by atoms with Crippen molar-refractivity contribution in [2.75, 3.05) is 54.0 Å². The van der Waals surface area contributed by atoms with Gasteiger partial charge in [0, 0.05) is 46.9 Å². The van der Waals surface area contributed by atoms with Crippen molar-refractivity contribution in [3.8, 4) is 0 Å². The number of nitrogens with zero attached hydrogens (tertiary/aromatic N) is 2. The summed E-state index contributed by atoms with van der Waals surface area (Å²) in [6.07, 6.45) is 2.28. The third-order valence-corrected chi connectivity index (χ3v) is 3.59. The third kappa shape index (κ3) is 15.2. The normalized spacial score (nSPS) is 12.5. The van der Waals surface area contributed by atoms with E-state index < -0.39 is 0 Å². The van der Waals surface area contributed by atoms with Gasteiger partial charge in [-0.1, -0.05) is 27.7 Å². The average Bonchev–Trinajstić information content (AvgIpc) is 2.41. The van der Waals surface area contributed by atoms with Crippen molar-refractivity contribution in [3.63, 3.8) is 0 Å². The number of nitrogens with one attached hydrogen (secondary N) is 2. The summed E-state index contributed by atoms with van der Waals surface area (Å²) in [5.74, 6) is 1.61. The van der Waals surface area contributed by atoms with E-state index in [4.69, 9.17) is 4.74 Å². The first-order valence-corrected chi connectivity index (χ1v) is 8.42. The molecule has 0 aromatic heterocycles. The van der Waals surface area contributed by atoms with Crippen molar-refractivity contribution in [3.05, 3.63) is 0 Å². The van der Waals surface area contributed by atoms with E-state index in [-0.39, 0.29) is 29.4 Å². The van der Waals surface area contributed by atoms with Crippen LogP contribution in [0.5, 0.6) is 0 Å². The van der Waals surface area contributed by atoms with Crippen LogP contribution < -0.4 is 10.6 Å². The number of hydrogen-bond donors (Lipinski definition) is 2. The molecule has 140 valence electrons. The van der Waals surface area contributed by atoms with E-state index in [1.807, 2.05) is 7.05 Å². The maximum absolute atomic E-state index is 5.07. The molecule has 0 aromatic carbocycles. The van der Waals surface area contributed by atoms with E-state index in [1.165, 1.54) is 6.42 Å². The molecule has 23 heavy (non-hydrogen) atoms. The van der Waals surface area contributed by atoms with Crippen LogP contribution in [-0.4, -0.2) is 64.9 Å². The zero-order valence-corrected chi connectivity index (χ0v) is 18.6. The molecular weight excluding hydrogens is 403 g/mol. The minimum atomic E-state index is 0. The Morgan fingerprint density at radius 3 is 2.39 bits per heavy atom. The van der Waals surface area contributed by atoms with Crippen molar-refractivity contribution in [1.82, 2.24) is 15.5 Å². The summed E-state index contributed by atoms with van der Waals surface area (Å²) in [6, 6.07) is 0. The first-order chi connectivity index (χ1) is 10.3. The zero-order chi connectivity index (χ0) is 17.0. The molecule has 0 aromatic rings. The van der Waals surface area contributed by atoms with Crippen LogP contribution in [0.4, 0.5) is 0 Å². The van der Waals surface area contributed by atoms with E-state index in [1.54, 1.807) is 7.11 Å². The van der Waals surface area contributed by atoms with Crippen LogP contribution in [0.25, 0.3) is 0 Å². The summed E-state index contributed by atoms with van der Waals surface area (Å²) in [5, 5.41) is 6.82. The molecule has 0 aliphatic carbocycles. The van der Waals surface area contributed by atoms with Crippen molar-refractivity contribution < 1.29 is 4.74 Å². The maximum Gasteiger partial charge on any atom is 0.191 e.